The lowest BCUT2D eigenvalue weighted by molar-refractivity contribution is -0.157. The average Bonchev–Trinajstić information content (AvgIpc) is 3.23. The smallest absolute Gasteiger partial charge is 0.345 e. The molecule has 0 N–H and O–H groups in total. The molecule has 0 unspecified atom stereocenters. The number of hydrogen-bond acceptors (Lipinski definition) is 3. The summed E-state index contributed by atoms with van der Waals surface area (Å²) in [6.07, 6.45) is 9.82. The number of rotatable bonds is 5. The molecular formula is C21H20O3. The van der Waals surface area contributed by atoms with Gasteiger partial charge in [-0.05, 0) is 54.3 Å². The van der Waals surface area contributed by atoms with Crippen molar-refractivity contribution >= 4 is 28.9 Å². The van der Waals surface area contributed by atoms with E-state index in [1.54, 1.807) is 6.08 Å². The van der Waals surface area contributed by atoms with Gasteiger partial charge in [-0.2, -0.15) is 0 Å². The fraction of sp³-hybridized carbons (Fsp3) is 0.286. The van der Waals surface area contributed by atoms with Crippen LogP contribution in [0.15, 0.2) is 43.0 Å². The molecule has 0 bridgehead atoms. The molecule has 0 aromatic heterocycles. The van der Waals surface area contributed by atoms with E-state index in [1.807, 2.05) is 24.3 Å². The van der Waals surface area contributed by atoms with Crippen LogP contribution in [0.25, 0.3) is 22.9 Å². The maximum absolute atomic E-state index is 12.2. The summed E-state index contributed by atoms with van der Waals surface area (Å²) in [4.78, 5) is 12.2. The summed E-state index contributed by atoms with van der Waals surface area (Å²) in [6, 6.07) is 10.1. The van der Waals surface area contributed by atoms with E-state index in [0.29, 0.717) is 0 Å². The van der Waals surface area contributed by atoms with Crippen LogP contribution in [-0.4, -0.2) is 18.2 Å². The van der Waals surface area contributed by atoms with Crippen LogP contribution >= 0.6 is 0 Å². The predicted octanol–water partition coefficient (Wildman–Crippen LogP) is 4.74. The van der Waals surface area contributed by atoms with E-state index in [1.165, 1.54) is 16.5 Å². The maximum atomic E-state index is 12.2. The minimum atomic E-state index is -0.494. The summed E-state index contributed by atoms with van der Waals surface area (Å²) in [5.74, 6) is 0.383. The highest BCUT2D eigenvalue weighted by molar-refractivity contribution is 6.07. The Morgan fingerprint density at radius 2 is 1.88 bits per heavy atom. The summed E-state index contributed by atoms with van der Waals surface area (Å²) in [5.41, 5.74) is 1.88. The molecule has 0 radical (unpaired) electrons. The predicted molar refractivity (Wildman–Crippen MR) is 95.9 cm³/mol. The van der Waals surface area contributed by atoms with E-state index in [9.17, 15) is 4.79 Å². The van der Waals surface area contributed by atoms with E-state index in [2.05, 4.69) is 24.8 Å². The van der Waals surface area contributed by atoms with Crippen LogP contribution in [0.1, 0.15) is 36.8 Å². The monoisotopic (exact) mass is 320 g/mol. The Balaban J connectivity index is 1.50. The first-order valence-corrected chi connectivity index (χ1v) is 8.43. The molecule has 0 heterocycles. The van der Waals surface area contributed by atoms with Gasteiger partial charge < -0.3 is 9.47 Å². The second kappa shape index (κ2) is 5.82. The van der Waals surface area contributed by atoms with E-state index in [4.69, 9.17) is 9.47 Å². The molecule has 3 heteroatoms. The molecule has 0 spiro atoms. The lowest BCUT2D eigenvalue weighted by atomic mass is 10.0. The van der Waals surface area contributed by atoms with Gasteiger partial charge in [-0.1, -0.05) is 43.0 Å². The molecule has 0 aliphatic heterocycles. The maximum Gasteiger partial charge on any atom is 0.345 e. The van der Waals surface area contributed by atoms with E-state index < -0.39 is 5.60 Å². The van der Waals surface area contributed by atoms with Crippen LogP contribution in [0, 0.1) is 0 Å². The van der Waals surface area contributed by atoms with Gasteiger partial charge in [0.05, 0.1) is 0 Å². The number of esters is 1. The molecule has 1 saturated carbocycles. The van der Waals surface area contributed by atoms with Crippen molar-refractivity contribution in [3.05, 3.63) is 54.1 Å². The molecule has 3 nitrogen and oxygen atoms in total. The summed E-state index contributed by atoms with van der Waals surface area (Å²) in [7, 11) is 0. The van der Waals surface area contributed by atoms with Crippen LogP contribution in [0.5, 0.6) is 5.75 Å². The Bertz CT molecular complexity index is 829. The van der Waals surface area contributed by atoms with Gasteiger partial charge in [0.2, 0.25) is 0 Å². The fourth-order valence-corrected chi connectivity index (χ4v) is 3.73. The van der Waals surface area contributed by atoms with E-state index in [0.717, 1.165) is 36.8 Å². The standard InChI is InChI=1S/C21H20O3/c1-2-21(12-3-4-13-21)24-19(22)14-23-18-11-10-16-9-8-15-6-5-7-17(18)20(15)16/h2,5-11H,1,3-4,12-14H2. The normalized spacial score (nSPS) is 17.2. The lowest BCUT2D eigenvalue weighted by Crippen LogP contribution is -2.31. The second-order valence-electron chi connectivity index (χ2n) is 6.49. The summed E-state index contributed by atoms with van der Waals surface area (Å²) in [6.45, 7) is 3.75. The highest BCUT2D eigenvalue weighted by Crippen LogP contribution is 2.37. The van der Waals surface area contributed by atoms with E-state index in [-0.39, 0.29) is 12.6 Å². The Morgan fingerprint density at radius 1 is 1.12 bits per heavy atom. The zero-order valence-electron chi connectivity index (χ0n) is 13.6. The third kappa shape index (κ3) is 2.50. The molecule has 24 heavy (non-hydrogen) atoms. The van der Waals surface area contributed by atoms with Gasteiger partial charge in [0, 0.05) is 5.39 Å². The summed E-state index contributed by atoms with van der Waals surface area (Å²) in [5, 5.41) is 2.21. The number of hydrogen-bond donors (Lipinski definition) is 0. The van der Waals surface area contributed by atoms with Crippen molar-refractivity contribution in [2.75, 3.05) is 6.61 Å². The van der Waals surface area contributed by atoms with Gasteiger partial charge in [-0.3, -0.25) is 0 Å². The summed E-state index contributed by atoms with van der Waals surface area (Å²) >= 11 is 0. The van der Waals surface area contributed by atoms with Crippen molar-refractivity contribution < 1.29 is 14.3 Å². The van der Waals surface area contributed by atoms with Crippen LogP contribution in [0.2, 0.25) is 0 Å². The van der Waals surface area contributed by atoms with Gasteiger partial charge >= 0.3 is 5.97 Å². The molecule has 2 aromatic carbocycles. The molecule has 0 atom stereocenters. The SMILES string of the molecule is C=CC1(OC(=O)COc2ccc3c4c(cccc24)C=C3)CCCC1. The quantitative estimate of drug-likeness (QED) is 0.503. The summed E-state index contributed by atoms with van der Waals surface area (Å²) < 4.78 is 11.4. The van der Waals surface area contributed by atoms with Crippen LogP contribution in [0.4, 0.5) is 0 Å². The Labute approximate surface area is 141 Å². The van der Waals surface area contributed by atoms with Crippen molar-refractivity contribution in [2.24, 2.45) is 0 Å². The Morgan fingerprint density at radius 3 is 2.62 bits per heavy atom. The molecular weight excluding hydrogens is 300 g/mol. The average molecular weight is 320 g/mol. The third-order valence-corrected chi connectivity index (χ3v) is 4.99. The first-order chi connectivity index (χ1) is 11.7. The molecule has 2 aliphatic carbocycles. The van der Waals surface area contributed by atoms with Crippen molar-refractivity contribution in [1.82, 2.24) is 0 Å². The molecule has 1 fully saturated rings. The fourth-order valence-electron chi connectivity index (χ4n) is 3.73. The zero-order chi connectivity index (χ0) is 16.6. The topological polar surface area (TPSA) is 35.5 Å². The zero-order valence-corrected chi connectivity index (χ0v) is 13.6. The molecule has 2 aliphatic rings. The Hall–Kier alpha value is -2.55. The van der Waals surface area contributed by atoms with Gasteiger partial charge in [-0.15, -0.1) is 0 Å². The largest absolute Gasteiger partial charge is 0.481 e. The number of benzene rings is 2. The molecule has 2 aromatic rings. The van der Waals surface area contributed by atoms with Crippen molar-refractivity contribution in [2.45, 2.75) is 31.3 Å². The van der Waals surface area contributed by atoms with Gasteiger partial charge in [0.1, 0.15) is 11.4 Å². The second-order valence-corrected chi connectivity index (χ2v) is 6.49. The number of carbonyl (C=O) groups is 1. The lowest BCUT2D eigenvalue weighted by Gasteiger charge is -2.25. The highest BCUT2D eigenvalue weighted by Gasteiger charge is 2.34. The van der Waals surface area contributed by atoms with Gasteiger partial charge in [-0.25, -0.2) is 4.79 Å². The molecule has 122 valence electrons. The van der Waals surface area contributed by atoms with Crippen LogP contribution in [-0.2, 0) is 9.53 Å². The molecule has 0 saturated heterocycles. The van der Waals surface area contributed by atoms with Gasteiger partial charge in [0.25, 0.3) is 0 Å². The minimum absolute atomic E-state index is 0.0817. The van der Waals surface area contributed by atoms with Gasteiger partial charge in [0.15, 0.2) is 6.61 Å². The molecule has 4 rings (SSSR count). The van der Waals surface area contributed by atoms with Crippen molar-refractivity contribution in [1.29, 1.82) is 0 Å². The number of carbonyl (C=O) groups excluding carboxylic acids is 1. The molecule has 0 amide bonds. The van der Waals surface area contributed by atoms with Crippen molar-refractivity contribution in [3.8, 4) is 5.75 Å². The Kier molecular flexibility index (Phi) is 3.64. The van der Waals surface area contributed by atoms with Crippen LogP contribution < -0.4 is 4.74 Å². The third-order valence-electron chi connectivity index (χ3n) is 4.99. The van der Waals surface area contributed by atoms with Crippen LogP contribution in [0.3, 0.4) is 0 Å². The first-order valence-electron chi connectivity index (χ1n) is 8.43. The first kappa shape index (κ1) is 15.0. The number of ether oxygens (including phenoxy) is 2. The van der Waals surface area contributed by atoms with E-state index >= 15 is 0 Å². The van der Waals surface area contributed by atoms with Crippen molar-refractivity contribution in [3.63, 3.8) is 0 Å². The minimum Gasteiger partial charge on any atom is -0.481 e. The highest BCUT2D eigenvalue weighted by atomic mass is 16.6.